The van der Waals surface area contributed by atoms with Crippen molar-refractivity contribution < 1.29 is 23.8 Å². The van der Waals surface area contributed by atoms with Crippen molar-refractivity contribution in [2.45, 2.75) is 33.1 Å². The molecule has 0 unspecified atom stereocenters. The number of hydrogen-bond donors (Lipinski definition) is 0. The highest BCUT2D eigenvalue weighted by molar-refractivity contribution is 6.31. The molecule has 146 valence electrons. The van der Waals surface area contributed by atoms with Gasteiger partial charge in [-0.25, -0.2) is 9.59 Å². The van der Waals surface area contributed by atoms with Crippen LogP contribution in [0.4, 0.5) is 4.79 Å². The molecule has 0 fully saturated rings. The lowest BCUT2D eigenvalue weighted by Gasteiger charge is -2.24. The van der Waals surface area contributed by atoms with Gasteiger partial charge in [-0.05, 0) is 44.4 Å². The van der Waals surface area contributed by atoms with Crippen LogP contribution < -0.4 is 9.47 Å². The fourth-order valence-electron chi connectivity index (χ4n) is 3.26. The van der Waals surface area contributed by atoms with Crippen molar-refractivity contribution in [2.24, 2.45) is 0 Å². The van der Waals surface area contributed by atoms with E-state index in [1.165, 1.54) is 12.7 Å². The third-order valence-corrected chi connectivity index (χ3v) is 4.97. The molecule has 0 spiro atoms. The Bertz CT molecular complexity index is 1020. The summed E-state index contributed by atoms with van der Waals surface area (Å²) in [6.45, 7) is 7.33. The molecule has 2 aromatic carbocycles. The Balaban J connectivity index is 2.32. The van der Waals surface area contributed by atoms with Gasteiger partial charge in [-0.15, -0.1) is 0 Å². The van der Waals surface area contributed by atoms with Gasteiger partial charge >= 0.3 is 12.1 Å². The van der Waals surface area contributed by atoms with Crippen LogP contribution in [-0.2, 0) is 22.4 Å². The van der Waals surface area contributed by atoms with E-state index in [1.54, 1.807) is 25.1 Å². The Hall–Kier alpha value is -2.79. The molecule has 0 aliphatic heterocycles. The molecule has 0 saturated heterocycles. The molecule has 0 atom stereocenters. The van der Waals surface area contributed by atoms with Gasteiger partial charge < -0.3 is 14.2 Å². The Morgan fingerprint density at radius 2 is 1.86 bits per heavy atom. The first kappa shape index (κ1) is 20.0. The monoisotopic (exact) mass is 400 g/mol. The number of carbonyl (C=O) groups excluding carboxylic acids is 2. The molecule has 28 heavy (non-hydrogen) atoms. The first-order valence-electron chi connectivity index (χ1n) is 8.94. The number of fused-ring (bicyclic) bond motifs is 2. The minimum Gasteiger partial charge on any atom is -0.437 e. The van der Waals surface area contributed by atoms with Crippen LogP contribution in [0, 0.1) is 0 Å². The molecule has 0 bridgehead atoms. The quantitative estimate of drug-likeness (QED) is 0.221. The van der Waals surface area contributed by atoms with E-state index in [4.69, 9.17) is 21.1 Å². The second-order valence-electron chi connectivity index (χ2n) is 6.63. The van der Waals surface area contributed by atoms with Gasteiger partial charge in [-0.1, -0.05) is 36.8 Å². The summed E-state index contributed by atoms with van der Waals surface area (Å²) in [5.41, 5.74) is 3.12. The lowest BCUT2D eigenvalue weighted by Crippen LogP contribution is -2.16. The third-order valence-electron chi connectivity index (χ3n) is 4.73. The first-order chi connectivity index (χ1) is 13.3. The number of benzene rings is 2. The molecule has 2 aromatic rings. The van der Waals surface area contributed by atoms with Crippen LogP contribution in [0.2, 0.25) is 5.02 Å². The highest BCUT2D eigenvalue weighted by atomic mass is 35.5. The van der Waals surface area contributed by atoms with Gasteiger partial charge in [-0.3, -0.25) is 0 Å². The van der Waals surface area contributed by atoms with E-state index >= 15 is 0 Å². The highest BCUT2D eigenvalue weighted by Crippen LogP contribution is 2.45. The molecule has 6 heteroatoms. The van der Waals surface area contributed by atoms with Crippen molar-refractivity contribution in [2.75, 3.05) is 7.11 Å². The smallest absolute Gasteiger partial charge is 0.437 e. The first-order valence-corrected chi connectivity index (χ1v) is 9.31. The van der Waals surface area contributed by atoms with Gasteiger partial charge in [0.05, 0.1) is 7.11 Å². The predicted octanol–water partition coefficient (Wildman–Crippen LogP) is 5.55. The lowest BCUT2D eigenvalue weighted by molar-refractivity contribution is -0.130. The molecule has 0 heterocycles. The van der Waals surface area contributed by atoms with Crippen LogP contribution in [0.25, 0.3) is 10.8 Å². The largest absolute Gasteiger partial charge is 0.513 e. The van der Waals surface area contributed by atoms with Crippen LogP contribution in [-0.4, -0.2) is 19.2 Å². The maximum absolute atomic E-state index is 12.3. The zero-order chi connectivity index (χ0) is 20.4. The zero-order valence-electron chi connectivity index (χ0n) is 16.1. The zero-order valence-corrected chi connectivity index (χ0v) is 16.8. The van der Waals surface area contributed by atoms with Gasteiger partial charge in [0.2, 0.25) is 0 Å². The van der Waals surface area contributed by atoms with Gasteiger partial charge in [0, 0.05) is 32.5 Å². The van der Waals surface area contributed by atoms with Crippen molar-refractivity contribution >= 4 is 34.5 Å². The highest BCUT2D eigenvalue weighted by Gasteiger charge is 2.27. The second kappa shape index (κ2) is 8.07. The summed E-state index contributed by atoms with van der Waals surface area (Å²) in [7, 11) is 1.25. The number of ether oxygens (including phenoxy) is 3. The van der Waals surface area contributed by atoms with Crippen LogP contribution in [0.5, 0.6) is 11.5 Å². The normalized spacial score (nSPS) is 12.8. The van der Waals surface area contributed by atoms with Gasteiger partial charge in [0.15, 0.2) is 0 Å². The summed E-state index contributed by atoms with van der Waals surface area (Å²) in [4.78, 5) is 24.2. The lowest BCUT2D eigenvalue weighted by atomic mass is 9.86. The average Bonchev–Trinajstić information content (AvgIpc) is 2.69. The predicted molar refractivity (Wildman–Crippen MR) is 108 cm³/mol. The minimum absolute atomic E-state index is 0.299. The number of esters is 1. The molecule has 5 nitrogen and oxygen atoms in total. The van der Waals surface area contributed by atoms with Crippen LogP contribution in [0.15, 0.2) is 42.0 Å². The van der Waals surface area contributed by atoms with Crippen molar-refractivity contribution in [1.29, 1.82) is 0 Å². The molecule has 3 rings (SSSR count). The van der Waals surface area contributed by atoms with Crippen LogP contribution in [0.3, 0.4) is 0 Å². The van der Waals surface area contributed by atoms with Gasteiger partial charge in [0.1, 0.15) is 11.5 Å². The van der Waals surface area contributed by atoms with E-state index in [2.05, 4.69) is 24.3 Å². The van der Waals surface area contributed by atoms with Crippen molar-refractivity contribution in [3.8, 4) is 11.5 Å². The maximum atomic E-state index is 12.3. The van der Waals surface area contributed by atoms with Crippen molar-refractivity contribution in [1.82, 2.24) is 0 Å². The number of hydrogen-bond acceptors (Lipinski definition) is 5. The van der Waals surface area contributed by atoms with E-state index in [0.717, 1.165) is 17.5 Å². The Morgan fingerprint density at radius 1 is 1.14 bits per heavy atom. The number of methoxy groups -OCH3 is 1. The SMILES string of the molecule is C=C(C)C(=O)Oc1c2c(c(OC(=O)OC)c3cc(Cl)ccc13)CC=C(CC)C2. The molecular weight excluding hydrogens is 380 g/mol. The number of rotatable bonds is 4. The van der Waals surface area contributed by atoms with E-state index in [1.807, 2.05) is 0 Å². The Kier molecular flexibility index (Phi) is 5.75. The van der Waals surface area contributed by atoms with Crippen molar-refractivity contribution in [3.05, 3.63) is 58.1 Å². The fourth-order valence-corrected chi connectivity index (χ4v) is 3.43. The van der Waals surface area contributed by atoms with E-state index in [9.17, 15) is 9.59 Å². The fraction of sp³-hybridized carbons (Fsp3) is 0.273. The molecule has 0 aromatic heterocycles. The number of halogens is 1. The minimum atomic E-state index is -0.819. The Labute approximate surface area is 168 Å². The molecular formula is C22H21ClO5. The van der Waals surface area contributed by atoms with Crippen LogP contribution >= 0.6 is 11.6 Å². The number of carbonyl (C=O) groups is 2. The molecule has 0 amide bonds. The molecule has 0 saturated carbocycles. The standard InChI is InChI=1S/C22H21ClO5/c1-5-13-6-8-15-17(10-13)19(27-21(24)12(2)3)16-9-7-14(23)11-18(16)20(15)28-22(25)26-4/h6-7,9,11H,2,5,8,10H2,1,3-4H3. The van der Waals surface area contributed by atoms with Gasteiger partial charge in [-0.2, -0.15) is 0 Å². The van der Waals surface area contributed by atoms with E-state index in [0.29, 0.717) is 45.7 Å². The van der Waals surface area contributed by atoms with Gasteiger partial charge in [0.25, 0.3) is 0 Å². The molecule has 0 radical (unpaired) electrons. The summed E-state index contributed by atoms with van der Waals surface area (Å²) in [6, 6.07) is 5.15. The average molecular weight is 401 g/mol. The summed E-state index contributed by atoms with van der Waals surface area (Å²) in [5.74, 6) is 0.319. The molecule has 1 aliphatic rings. The second-order valence-corrected chi connectivity index (χ2v) is 7.06. The van der Waals surface area contributed by atoms with Crippen LogP contribution in [0.1, 0.15) is 31.4 Å². The Morgan fingerprint density at radius 3 is 2.50 bits per heavy atom. The summed E-state index contributed by atoms with van der Waals surface area (Å²) in [5, 5.41) is 1.68. The number of allylic oxidation sites excluding steroid dienone is 2. The van der Waals surface area contributed by atoms with Crippen molar-refractivity contribution in [3.63, 3.8) is 0 Å². The topological polar surface area (TPSA) is 61.8 Å². The van der Waals surface area contributed by atoms with E-state index in [-0.39, 0.29) is 0 Å². The van der Waals surface area contributed by atoms with E-state index < -0.39 is 12.1 Å². The maximum Gasteiger partial charge on any atom is 0.513 e. The summed E-state index contributed by atoms with van der Waals surface area (Å²) >= 11 is 6.19. The molecule has 0 N–H and O–H groups in total. The summed E-state index contributed by atoms with van der Waals surface area (Å²) < 4.78 is 15.9. The summed E-state index contributed by atoms with van der Waals surface area (Å²) in [6.07, 6.45) is 3.30. The third kappa shape index (κ3) is 3.76. The molecule has 1 aliphatic carbocycles.